The third kappa shape index (κ3) is 6.12. The Morgan fingerprint density at radius 2 is 2.11 bits per heavy atom. The highest BCUT2D eigenvalue weighted by molar-refractivity contribution is 5.77. The van der Waals surface area contributed by atoms with Crippen LogP contribution >= 0.6 is 0 Å². The van der Waals surface area contributed by atoms with Crippen LogP contribution in [0.2, 0.25) is 0 Å². The molecule has 0 saturated heterocycles. The molecule has 0 radical (unpaired) electrons. The Morgan fingerprint density at radius 1 is 1.37 bits per heavy atom. The molecule has 7 heteroatoms. The molecule has 0 aliphatic heterocycles. The van der Waals surface area contributed by atoms with Crippen LogP contribution in [-0.4, -0.2) is 32.3 Å². The summed E-state index contributed by atoms with van der Waals surface area (Å²) in [6.07, 6.45) is 0. The van der Waals surface area contributed by atoms with Gasteiger partial charge >= 0.3 is 6.61 Å². The van der Waals surface area contributed by atoms with Crippen LogP contribution in [0.15, 0.2) is 24.3 Å². The Kier molecular flexibility index (Phi) is 6.76. The number of benzene rings is 1. The predicted octanol–water partition coefficient (Wildman–Crippen LogP) is 0.879. The zero-order valence-electron chi connectivity index (χ0n) is 10.3. The van der Waals surface area contributed by atoms with Gasteiger partial charge in [0.2, 0.25) is 5.91 Å². The van der Waals surface area contributed by atoms with Crippen LogP contribution in [0.1, 0.15) is 5.56 Å². The summed E-state index contributed by atoms with van der Waals surface area (Å²) in [7, 11) is 0. The Balaban J connectivity index is 2.46. The van der Waals surface area contributed by atoms with Crippen LogP contribution in [0.5, 0.6) is 5.75 Å². The molecule has 0 bridgehead atoms. The van der Waals surface area contributed by atoms with Gasteiger partial charge in [0.1, 0.15) is 12.4 Å². The van der Waals surface area contributed by atoms with Gasteiger partial charge < -0.3 is 20.5 Å². The molecule has 0 aliphatic rings. The molecule has 19 heavy (non-hydrogen) atoms. The molecule has 0 spiro atoms. The molecule has 0 aromatic heterocycles. The average Bonchev–Trinajstić information content (AvgIpc) is 2.37. The van der Waals surface area contributed by atoms with Gasteiger partial charge in [-0.1, -0.05) is 18.2 Å². The van der Waals surface area contributed by atoms with Gasteiger partial charge in [0.15, 0.2) is 0 Å². The summed E-state index contributed by atoms with van der Waals surface area (Å²) in [5.74, 6) is -0.305. The van der Waals surface area contributed by atoms with Gasteiger partial charge in [-0.15, -0.1) is 0 Å². The number of amides is 1. The molecule has 3 N–H and O–H groups in total. The second-order valence-electron chi connectivity index (χ2n) is 3.60. The fourth-order valence-electron chi connectivity index (χ4n) is 1.35. The number of para-hydroxylation sites is 1. The lowest BCUT2D eigenvalue weighted by Gasteiger charge is -2.11. The maximum atomic E-state index is 12.2. The quantitative estimate of drug-likeness (QED) is 0.690. The second kappa shape index (κ2) is 8.39. The number of rotatable bonds is 8. The first kappa shape index (κ1) is 15.3. The van der Waals surface area contributed by atoms with Crippen molar-refractivity contribution in [1.82, 2.24) is 5.32 Å². The molecule has 5 nitrogen and oxygen atoms in total. The van der Waals surface area contributed by atoms with Crippen molar-refractivity contribution in [3.63, 3.8) is 0 Å². The number of ether oxygens (including phenoxy) is 2. The van der Waals surface area contributed by atoms with E-state index in [9.17, 15) is 13.6 Å². The third-order valence-corrected chi connectivity index (χ3v) is 2.16. The topological polar surface area (TPSA) is 73.6 Å². The first-order valence-corrected chi connectivity index (χ1v) is 5.70. The van der Waals surface area contributed by atoms with E-state index in [1.807, 2.05) is 0 Å². The van der Waals surface area contributed by atoms with Crippen LogP contribution < -0.4 is 15.8 Å². The largest absolute Gasteiger partial charge is 0.434 e. The van der Waals surface area contributed by atoms with Gasteiger partial charge in [-0.25, -0.2) is 0 Å². The van der Waals surface area contributed by atoms with Crippen LogP contribution in [-0.2, 0) is 16.1 Å². The predicted molar refractivity (Wildman–Crippen MR) is 64.8 cm³/mol. The van der Waals surface area contributed by atoms with Crippen LogP contribution in [0.3, 0.4) is 0 Å². The number of alkyl halides is 2. The van der Waals surface area contributed by atoms with E-state index in [0.717, 1.165) is 0 Å². The maximum absolute atomic E-state index is 12.2. The normalized spacial score (nSPS) is 10.5. The molecule has 0 unspecified atom stereocenters. The Morgan fingerprint density at radius 3 is 2.79 bits per heavy atom. The smallest absolute Gasteiger partial charge is 0.387 e. The number of carbonyl (C=O) groups is 1. The van der Waals surface area contributed by atoms with E-state index >= 15 is 0 Å². The van der Waals surface area contributed by atoms with E-state index in [1.54, 1.807) is 18.2 Å². The van der Waals surface area contributed by atoms with Crippen LogP contribution in [0, 0.1) is 0 Å². The molecule has 0 aliphatic carbocycles. The van der Waals surface area contributed by atoms with E-state index in [-0.39, 0.29) is 24.8 Å². The molecule has 1 aromatic rings. The summed E-state index contributed by atoms with van der Waals surface area (Å²) < 4.78 is 33.6. The van der Waals surface area contributed by atoms with E-state index in [2.05, 4.69) is 10.1 Å². The van der Waals surface area contributed by atoms with Crippen molar-refractivity contribution in [1.29, 1.82) is 0 Å². The highest BCUT2D eigenvalue weighted by Crippen LogP contribution is 2.19. The van der Waals surface area contributed by atoms with Crippen molar-refractivity contribution in [3.05, 3.63) is 29.8 Å². The minimum absolute atomic E-state index is 0.0423. The SMILES string of the molecule is NCCOCC(=O)NCc1ccccc1OC(F)F. The van der Waals surface area contributed by atoms with Crippen molar-refractivity contribution in [3.8, 4) is 5.75 Å². The Hall–Kier alpha value is -1.73. The summed E-state index contributed by atoms with van der Waals surface area (Å²) in [6.45, 7) is -2.30. The lowest BCUT2D eigenvalue weighted by molar-refractivity contribution is -0.125. The van der Waals surface area contributed by atoms with Gasteiger partial charge in [-0.05, 0) is 6.07 Å². The number of hydrogen-bond donors (Lipinski definition) is 2. The molecule has 1 rings (SSSR count). The molecule has 0 atom stereocenters. The zero-order chi connectivity index (χ0) is 14.1. The Labute approximate surface area is 109 Å². The minimum Gasteiger partial charge on any atom is -0.434 e. The summed E-state index contributed by atoms with van der Waals surface area (Å²) >= 11 is 0. The van der Waals surface area contributed by atoms with Crippen molar-refractivity contribution in [2.75, 3.05) is 19.8 Å². The van der Waals surface area contributed by atoms with E-state index in [1.165, 1.54) is 6.07 Å². The highest BCUT2D eigenvalue weighted by Gasteiger charge is 2.09. The molecule has 1 aromatic carbocycles. The summed E-state index contributed by atoms with van der Waals surface area (Å²) in [4.78, 5) is 11.4. The maximum Gasteiger partial charge on any atom is 0.387 e. The lowest BCUT2D eigenvalue weighted by atomic mass is 10.2. The van der Waals surface area contributed by atoms with Crippen LogP contribution in [0.4, 0.5) is 8.78 Å². The first-order valence-electron chi connectivity index (χ1n) is 5.70. The Bertz CT molecular complexity index is 402. The molecular weight excluding hydrogens is 258 g/mol. The molecule has 0 heterocycles. The lowest BCUT2D eigenvalue weighted by Crippen LogP contribution is -2.28. The van der Waals surface area contributed by atoms with Crippen molar-refractivity contribution >= 4 is 5.91 Å². The monoisotopic (exact) mass is 274 g/mol. The molecule has 0 fully saturated rings. The van der Waals surface area contributed by atoms with E-state index in [4.69, 9.17) is 10.5 Å². The highest BCUT2D eigenvalue weighted by atomic mass is 19.3. The minimum atomic E-state index is -2.90. The van der Waals surface area contributed by atoms with Gasteiger partial charge in [-0.2, -0.15) is 8.78 Å². The van der Waals surface area contributed by atoms with E-state index < -0.39 is 6.61 Å². The number of hydrogen-bond acceptors (Lipinski definition) is 4. The number of halogens is 2. The van der Waals surface area contributed by atoms with Crippen molar-refractivity contribution in [2.24, 2.45) is 5.73 Å². The van der Waals surface area contributed by atoms with Gasteiger partial charge in [0.05, 0.1) is 6.61 Å². The van der Waals surface area contributed by atoms with Gasteiger partial charge in [-0.3, -0.25) is 4.79 Å². The first-order chi connectivity index (χ1) is 9.13. The van der Waals surface area contributed by atoms with Gasteiger partial charge in [0.25, 0.3) is 0 Å². The van der Waals surface area contributed by atoms with E-state index in [0.29, 0.717) is 18.7 Å². The number of nitrogens with two attached hydrogens (primary N) is 1. The number of nitrogens with one attached hydrogen (secondary N) is 1. The fraction of sp³-hybridized carbons (Fsp3) is 0.417. The summed E-state index contributed by atoms with van der Waals surface area (Å²) in [5.41, 5.74) is 5.67. The zero-order valence-corrected chi connectivity index (χ0v) is 10.3. The number of carbonyl (C=O) groups excluding carboxylic acids is 1. The molecular formula is C12H16F2N2O3. The summed E-state index contributed by atoms with van der Waals surface area (Å²) in [5, 5.41) is 2.54. The van der Waals surface area contributed by atoms with Gasteiger partial charge in [0, 0.05) is 18.7 Å². The van der Waals surface area contributed by atoms with Crippen molar-refractivity contribution < 1.29 is 23.0 Å². The molecule has 0 saturated carbocycles. The van der Waals surface area contributed by atoms with Crippen LogP contribution in [0.25, 0.3) is 0 Å². The van der Waals surface area contributed by atoms with Crippen molar-refractivity contribution in [2.45, 2.75) is 13.2 Å². The fourth-order valence-corrected chi connectivity index (χ4v) is 1.35. The average molecular weight is 274 g/mol. The third-order valence-electron chi connectivity index (χ3n) is 2.16. The standard InChI is InChI=1S/C12H16F2N2O3/c13-12(14)19-10-4-2-1-3-9(10)7-16-11(17)8-18-6-5-15/h1-4,12H,5-8,15H2,(H,16,17). The molecule has 106 valence electrons. The molecule has 1 amide bonds. The summed E-state index contributed by atoms with van der Waals surface area (Å²) in [6, 6.07) is 6.26. The second-order valence-corrected chi connectivity index (χ2v) is 3.60.